The number of para-hydroxylation sites is 1. The van der Waals surface area contributed by atoms with Gasteiger partial charge in [-0.3, -0.25) is 4.79 Å². The second kappa shape index (κ2) is 5.82. The normalized spacial score (nSPS) is 23.7. The molecular formula is C17H15NO4S2. The van der Waals surface area contributed by atoms with E-state index in [1.54, 1.807) is 36.0 Å². The molecule has 2 heterocycles. The number of nitrogens with one attached hydrogen (secondary N) is 1. The van der Waals surface area contributed by atoms with Crippen molar-refractivity contribution >= 4 is 27.5 Å². The van der Waals surface area contributed by atoms with E-state index >= 15 is 0 Å². The maximum Gasteiger partial charge on any atom is 0.262 e. The highest BCUT2D eigenvalue weighted by atomic mass is 32.2. The van der Waals surface area contributed by atoms with Gasteiger partial charge in [-0.15, -0.1) is 11.8 Å². The van der Waals surface area contributed by atoms with Crippen molar-refractivity contribution in [2.45, 2.75) is 21.9 Å². The first-order valence-electron chi connectivity index (χ1n) is 7.55. The fourth-order valence-electron chi connectivity index (χ4n) is 2.98. The van der Waals surface area contributed by atoms with Crippen LogP contribution in [0.1, 0.15) is 11.6 Å². The quantitative estimate of drug-likeness (QED) is 0.888. The second-order valence-corrected chi connectivity index (χ2v) is 8.81. The molecule has 2 atom stereocenters. The van der Waals surface area contributed by atoms with Gasteiger partial charge in [-0.25, -0.2) is 8.42 Å². The molecule has 2 aromatic rings. The zero-order valence-electron chi connectivity index (χ0n) is 12.6. The van der Waals surface area contributed by atoms with Crippen LogP contribution in [0.2, 0.25) is 0 Å². The van der Waals surface area contributed by atoms with Gasteiger partial charge in [0.25, 0.3) is 5.91 Å². The van der Waals surface area contributed by atoms with E-state index in [0.717, 1.165) is 4.90 Å². The van der Waals surface area contributed by atoms with Gasteiger partial charge in [0.1, 0.15) is 5.75 Å². The number of ether oxygens (including phenoxy) is 1. The fraction of sp³-hybridized carbons (Fsp3) is 0.235. The number of hydrogen-bond donors (Lipinski definition) is 1. The van der Waals surface area contributed by atoms with E-state index in [-0.39, 0.29) is 11.7 Å². The molecule has 7 heteroatoms. The number of rotatable bonds is 2. The fourth-order valence-corrected chi connectivity index (χ4v) is 5.70. The summed E-state index contributed by atoms with van der Waals surface area (Å²) in [6.45, 7) is 0. The van der Waals surface area contributed by atoms with Crippen LogP contribution in [0.3, 0.4) is 0 Å². The lowest BCUT2D eigenvalue weighted by atomic mass is 10.1. The largest absolute Gasteiger partial charge is 0.479 e. The molecule has 0 aromatic heterocycles. The van der Waals surface area contributed by atoms with E-state index in [1.807, 2.05) is 24.3 Å². The monoisotopic (exact) mass is 361 g/mol. The summed E-state index contributed by atoms with van der Waals surface area (Å²) in [5, 5.41) is 2.83. The Morgan fingerprint density at radius 1 is 1.12 bits per heavy atom. The summed E-state index contributed by atoms with van der Waals surface area (Å²) >= 11 is 1.56. The lowest BCUT2D eigenvalue weighted by Crippen LogP contribution is -2.43. The van der Waals surface area contributed by atoms with E-state index in [0.29, 0.717) is 22.0 Å². The zero-order chi connectivity index (χ0) is 16.7. The van der Waals surface area contributed by atoms with Crippen molar-refractivity contribution in [1.29, 1.82) is 0 Å². The number of hydrogen-bond acceptors (Lipinski definition) is 5. The standard InChI is InChI=1S/C17H15NO4S2/c19-17(14-9-23-15-7-3-2-6-13(15)22-14)18-12-10-24(20,21)16-8-4-1-5-11(12)16/h1-8,12,14H,9-10H2,(H,18,19)/t12-,14+/m1/s1. The van der Waals surface area contributed by atoms with Crippen molar-refractivity contribution in [2.24, 2.45) is 0 Å². The second-order valence-electron chi connectivity index (χ2n) is 5.74. The molecular weight excluding hydrogens is 346 g/mol. The van der Waals surface area contributed by atoms with Gasteiger partial charge in [0.15, 0.2) is 15.9 Å². The Morgan fingerprint density at radius 3 is 2.75 bits per heavy atom. The van der Waals surface area contributed by atoms with Gasteiger partial charge < -0.3 is 10.1 Å². The van der Waals surface area contributed by atoms with E-state index in [4.69, 9.17) is 4.74 Å². The van der Waals surface area contributed by atoms with E-state index in [1.165, 1.54) is 0 Å². The SMILES string of the molecule is O=C(N[C@@H]1CS(=O)(=O)c2ccccc21)[C@@H]1CSc2ccccc2O1. The minimum atomic E-state index is -3.34. The Labute approximate surface area is 144 Å². The van der Waals surface area contributed by atoms with Gasteiger partial charge in [0.05, 0.1) is 16.7 Å². The van der Waals surface area contributed by atoms with Gasteiger partial charge in [-0.05, 0) is 23.8 Å². The molecule has 5 nitrogen and oxygen atoms in total. The predicted octanol–water partition coefficient (Wildman–Crippen LogP) is 2.18. The molecule has 0 spiro atoms. The minimum absolute atomic E-state index is 0.103. The predicted molar refractivity (Wildman–Crippen MR) is 91.0 cm³/mol. The van der Waals surface area contributed by atoms with Crippen molar-refractivity contribution < 1.29 is 17.9 Å². The summed E-state index contributed by atoms with van der Waals surface area (Å²) < 4.78 is 30.2. The van der Waals surface area contributed by atoms with Gasteiger partial charge in [-0.1, -0.05) is 30.3 Å². The molecule has 24 heavy (non-hydrogen) atoms. The highest BCUT2D eigenvalue weighted by Crippen LogP contribution is 2.36. The van der Waals surface area contributed by atoms with E-state index < -0.39 is 22.0 Å². The molecule has 0 unspecified atom stereocenters. The highest BCUT2D eigenvalue weighted by Gasteiger charge is 2.37. The maximum atomic E-state index is 12.5. The van der Waals surface area contributed by atoms with Crippen LogP contribution >= 0.6 is 11.8 Å². The Morgan fingerprint density at radius 2 is 1.88 bits per heavy atom. The van der Waals surface area contributed by atoms with E-state index in [9.17, 15) is 13.2 Å². The molecule has 0 saturated carbocycles. The number of carbonyl (C=O) groups excluding carboxylic acids is 1. The van der Waals surface area contributed by atoms with Gasteiger partial charge in [-0.2, -0.15) is 0 Å². The number of thioether (sulfide) groups is 1. The molecule has 0 aliphatic carbocycles. The average molecular weight is 361 g/mol. The maximum absolute atomic E-state index is 12.5. The third kappa shape index (κ3) is 2.67. The summed E-state index contributed by atoms with van der Waals surface area (Å²) in [5.74, 6) is 0.806. The molecule has 2 aromatic carbocycles. The van der Waals surface area contributed by atoms with Crippen LogP contribution in [0.4, 0.5) is 0 Å². The smallest absolute Gasteiger partial charge is 0.262 e. The number of amides is 1. The number of sulfone groups is 1. The Bertz CT molecular complexity index is 910. The molecule has 4 rings (SSSR count). The summed E-state index contributed by atoms with van der Waals surface area (Å²) in [4.78, 5) is 13.9. The highest BCUT2D eigenvalue weighted by molar-refractivity contribution is 7.99. The van der Waals surface area contributed by atoms with Crippen molar-refractivity contribution in [1.82, 2.24) is 5.32 Å². The Hall–Kier alpha value is -1.99. The van der Waals surface area contributed by atoms with Crippen molar-refractivity contribution in [3.05, 3.63) is 54.1 Å². The molecule has 0 saturated heterocycles. The zero-order valence-corrected chi connectivity index (χ0v) is 14.3. The molecule has 0 radical (unpaired) electrons. The van der Waals surface area contributed by atoms with Crippen molar-refractivity contribution in [2.75, 3.05) is 11.5 Å². The lowest BCUT2D eigenvalue weighted by molar-refractivity contribution is -0.127. The molecule has 0 fully saturated rings. The van der Waals surface area contributed by atoms with Crippen LogP contribution in [-0.4, -0.2) is 31.9 Å². The topological polar surface area (TPSA) is 72.5 Å². The van der Waals surface area contributed by atoms with E-state index in [2.05, 4.69) is 5.32 Å². The number of benzene rings is 2. The van der Waals surface area contributed by atoms with Crippen LogP contribution in [0, 0.1) is 0 Å². The molecule has 1 amide bonds. The Kier molecular flexibility index (Phi) is 3.77. The van der Waals surface area contributed by atoms with Gasteiger partial charge >= 0.3 is 0 Å². The molecule has 0 bridgehead atoms. The van der Waals surface area contributed by atoms with Crippen LogP contribution in [0.25, 0.3) is 0 Å². The first kappa shape index (κ1) is 15.5. The van der Waals surface area contributed by atoms with Gasteiger partial charge in [0.2, 0.25) is 0 Å². The summed E-state index contributed by atoms with van der Waals surface area (Å²) in [5.41, 5.74) is 0.648. The molecule has 1 N–H and O–H groups in total. The van der Waals surface area contributed by atoms with Crippen molar-refractivity contribution in [3.8, 4) is 5.75 Å². The van der Waals surface area contributed by atoms with Crippen molar-refractivity contribution in [3.63, 3.8) is 0 Å². The Balaban J connectivity index is 1.52. The summed E-state index contributed by atoms with van der Waals surface area (Å²) in [6.07, 6.45) is -0.625. The van der Waals surface area contributed by atoms with Crippen LogP contribution in [0.5, 0.6) is 5.75 Å². The molecule has 2 aliphatic heterocycles. The lowest BCUT2D eigenvalue weighted by Gasteiger charge is -2.26. The average Bonchev–Trinajstić information content (AvgIpc) is 2.85. The number of carbonyl (C=O) groups is 1. The van der Waals surface area contributed by atoms with Crippen LogP contribution in [-0.2, 0) is 14.6 Å². The third-order valence-corrected chi connectivity index (χ3v) is 7.06. The van der Waals surface area contributed by atoms with Crippen LogP contribution < -0.4 is 10.1 Å². The minimum Gasteiger partial charge on any atom is -0.479 e. The number of fused-ring (bicyclic) bond motifs is 2. The molecule has 124 valence electrons. The third-order valence-electron chi connectivity index (χ3n) is 4.13. The van der Waals surface area contributed by atoms with Gasteiger partial charge in [0, 0.05) is 10.6 Å². The summed E-state index contributed by atoms with van der Waals surface area (Å²) in [7, 11) is -3.34. The molecule has 2 aliphatic rings. The first-order valence-corrected chi connectivity index (χ1v) is 10.2. The first-order chi connectivity index (χ1) is 11.5. The summed E-state index contributed by atoms with van der Waals surface area (Å²) in [6, 6.07) is 13.8. The van der Waals surface area contributed by atoms with Crippen LogP contribution in [0.15, 0.2) is 58.3 Å².